The lowest BCUT2D eigenvalue weighted by Gasteiger charge is -2.22. The molecule has 2 aromatic rings. The predicted molar refractivity (Wildman–Crippen MR) is 85.8 cm³/mol. The van der Waals surface area contributed by atoms with E-state index in [-0.39, 0.29) is 0 Å². The lowest BCUT2D eigenvalue weighted by atomic mass is 10.1. The Morgan fingerprint density at radius 2 is 1.89 bits per heavy atom. The third-order valence-electron chi connectivity index (χ3n) is 2.90. The van der Waals surface area contributed by atoms with E-state index in [4.69, 9.17) is 0 Å². The van der Waals surface area contributed by atoms with Crippen molar-refractivity contribution in [1.29, 1.82) is 0 Å². The van der Waals surface area contributed by atoms with Crippen LogP contribution in [0.15, 0.2) is 51.4 Å². The number of nitrogens with zero attached hydrogens (tertiary/aromatic N) is 1. The summed E-state index contributed by atoms with van der Waals surface area (Å²) in [5, 5.41) is 0. The Balaban J connectivity index is 2.30. The molecule has 0 amide bonds. The lowest BCUT2D eigenvalue weighted by Crippen LogP contribution is -2.18. The summed E-state index contributed by atoms with van der Waals surface area (Å²) in [5.74, 6) is 0. The van der Waals surface area contributed by atoms with Crippen LogP contribution in [0.3, 0.4) is 0 Å². The smallest absolute Gasteiger partial charge is 0.152 e. The molecule has 0 aromatic heterocycles. The van der Waals surface area contributed by atoms with Gasteiger partial charge >= 0.3 is 0 Å². The van der Waals surface area contributed by atoms with E-state index in [1.165, 1.54) is 5.56 Å². The van der Waals surface area contributed by atoms with Crippen LogP contribution in [0.2, 0.25) is 0 Å². The van der Waals surface area contributed by atoms with Crippen LogP contribution >= 0.6 is 31.9 Å². The third-order valence-corrected chi connectivity index (χ3v) is 4.16. The number of carbonyl (C=O) groups excluding carboxylic acids is 1. The molecule has 0 aliphatic heterocycles. The van der Waals surface area contributed by atoms with Gasteiger partial charge in [-0.25, -0.2) is 0 Å². The molecule has 98 valence electrons. The Hall–Kier alpha value is -1.13. The second-order valence-electron chi connectivity index (χ2n) is 4.27. The van der Waals surface area contributed by atoms with E-state index < -0.39 is 0 Å². The van der Waals surface area contributed by atoms with Crippen molar-refractivity contribution in [2.45, 2.75) is 6.54 Å². The second kappa shape index (κ2) is 6.35. The van der Waals surface area contributed by atoms with Crippen molar-refractivity contribution < 1.29 is 4.79 Å². The van der Waals surface area contributed by atoms with Gasteiger partial charge in [0.1, 0.15) is 0 Å². The van der Waals surface area contributed by atoms with Gasteiger partial charge in [0, 0.05) is 33.8 Å². The molecule has 0 bridgehead atoms. The Kier molecular flexibility index (Phi) is 4.77. The Morgan fingerprint density at radius 3 is 2.58 bits per heavy atom. The first kappa shape index (κ1) is 14.3. The second-order valence-corrected chi connectivity index (χ2v) is 6.04. The van der Waals surface area contributed by atoms with Crippen LogP contribution in [0.1, 0.15) is 15.9 Å². The topological polar surface area (TPSA) is 20.3 Å². The zero-order valence-electron chi connectivity index (χ0n) is 10.4. The molecule has 0 unspecified atom stereocenters. The molecule has 2 aromatic carbocycles. The van der Waals surface area contributed by atoms with Crippen LogP contribution in [0.5, 0.6) is 0 Å². The van der Waals surface area contributed by atoms with Gasteiger partial charge in [0.15, 0.2) is 6.29 Å². The fourth-order valence-corrected chi connectivity index (χ4v) is 2.67. The Labute approximate surface area is 129 Å². The molecule has 0 spiro atoms. The molecule has 0 aliphatic rings. The SMILES string of the molecule is CN(Cc1ccccc1Br)c1cc(Br)ccc1C=O. The highest BCUT2D eigenvalue weighted by molar-refractivity contribution is 9.10. The molecule has 0 fully saturated rings. The maximum atomic E-state index is 11.1. The van der Waals surface area contributed by atoms with Gasteiger partial charge in [0.25, 0.3) is 0 Å². The maximum Gasteiger partial charge on any atom is 0.152 e. The molecule has 0 saturated carbocycles. The minimum Gasteiger partial charge on any atom is -0.370 e. The van der Waals surface area contributed by atoms with Crippen LogP contribution in [-0.2, 0) is 6.54 Å². The van der Waals surface area contributed by atoms with Gasteiger partial charge in [0.2, 0.25) is 0 Å². The fraction of sp³-hybridized carbons (Fsp3) is 0.133. The van der Waals surface area contributed by atoms with Crippen molar-refractivity contribution in [1.82, 2.24) is 0 Å². The standard InChI is InChI=1S/C15H13Br2NO/c1-18(9-11-4-2-3-5-14(11)17)15-8-13(16)7-6-12(15)10-19/h2-8,10H,9H2,1H3. The van der Waals surface area contributed by atoms with Gasteiger partial charge in [-0.1, -0.05) is 50.1 Å². The zero-order valence-corrected chi connectivity index (χ0v) is 13.6. The van der Waals surface area contributed by atoms with E-state index >= 15 is 0 Å². The van der Waals surface area contributed by atoms with Gasteiger partial charge in [0.05, 0.1) is 0 Å². The highest BCUT2D eigenvalue weighted by Gasteiger charge is 2.09. The number of benzene rings is 2. The molecule has 4 heteroatoms. The van der Waals surface area contributed by atoms with Gasteiger partial charge < -0.3 is 4.90 Å². The molecule has 0 radical (unpaired) electrons. The van der Waals surface area contributed by atoms with Crippen LogP contribution in [0.25, 0.3) is 0 Å². The Bertz CT molecular complexity index is 598. The first-order valence-corrected chi connectivity index (χ1v) is 7.39. The molecule has 2 nitrogen and oxygen atoms in total. The molecule has 2 rings (SSSR count). The summed E-state index contributed by atoms with van der Waals surface area (Å²) >= 11 is 6.98. The maximum absolute atomic E-state index is 11.1. The fourth-order valence-electron chi connectivity index (χ4n) is 1.91. The number of anilines is 1. The molecule has 0 N–H and O–H groups in total. The van der Waals surface area contributed by atoms with Crippen molar-refractivity contribution in [3.05, 3.63) is 62.5 Å². The van der Waals surface area contributed by atoms with Crippen molar-refractivity contribution in [3.8, 4) is 0 Å². The molecule has 0 saturated heterocycles. The molecule has 0 heterocycles. The third kappa shape index (κ3) is 3.45. The van der Waals surface area contributed by atoms with Crippen LogP contribution < -0.4 is 4.90 Å². The highest BCUT2D eigenvalue weighted by Crippen LogP contribution is 2.26. The summed E-state index contributed by atoms with van der Waals surface area (Å²) in [6.07, 6.45) is 0.887. The summed E-state index contributed by atoms with van der Waals surface area (Å²) in [6, 6.07) is 13.7. The minimum atomic E-state index is 0.692. The lowest BCUT2D eigenvalue weighted by molar-refractivity contribution is 0.112. The average molecular weight is 383 g/mol. The first-order valence-electron chi connectivity index (χ1n) is 5.81. The van der Waals surface area contributed by atoms with Crippen LogP contribution in [0.4, 0.5) is 5.69 Å². The van der Waals surface area contributed by atoms with Crippen LogP contribution in [-0.4, -0.2) is 13.3 Å². The number of hydrogen-bond acceptors (Lipinski definition) is 2. The summed E-state index contributed by atoms with van der Waals surface area (Å²) in [7, 11) is 1.98. The zero-order chi connectivity index (χ0) is 13.8. The van der Waals surface area contributed by atoms with Crippen molar-refractivity contribution in [3.63, 3.8) is 0 Å². The molecular weight excluding hydrogens is 370 g/mol. The summed E-state index contributed by atoms with van der Waals surface area (Å²) in [6.45, 7) is 0.735. The molecular formula is C15H13Br2NO. The van der Waals surface area contributed by atoms with E-state index in [1.807, 2.05) is 43.4 Å². The van der Waals surface area contributed by atoms with Crippen molar-refractivity contribution >= 4 is 43.8 Å². The molecule has 0 aliphatic carbocycles. The normalized spacial score (nSPS) is 10.3. The van der Waals surface area contributed by atoms with Crippen LogP contribution in [0, 0.1) is 0 Å². The number of halogens is 2. The summed E-state index contributed by atoms with van der Waals surface area (Å²) in [4.78, 5) is 13.2. The summed E-state index contributed by atoms with van der Waals surface area (Å²) in [5.41, 5.74) is 2.79. The minimum absolute atomic E-state index is 0.692. The number of hydrogen-bond donors (Lipinski definition) is 0. The summed E-state index contributed by atoms with van der Waals surface area (Å²) < 4.78 is 2.04. The van der Waals surface area contributed by atoms with Gasteiger partial charge in [-0.3, -0.25) is 4.79 Å². The van der Waals surface area contributed by atoms with E-state index in [1.54, 1.807) is 0 Å². The molecule has 19 heavy (non-hydrogen) atoms. The monoisotopic (exact) mass is 381 g/mol. The van der Waals surface area contributed by atoms with E-state index in [0.717, 1.165) is 27.5 Å². The average Bonchev–Trinajstić information content (AvgIpc) is 2.41. The van der Waals surface area contributed by atoms with Gasteiger partial charge in [-0.15, -0.1) is 0 Å². The Morgan fingerprint density at radius 1 is 1.16 bits per heavy atom. The quantitative estimate of drug-likeness (QED) is 0.716. The van der Waals surface area contributed by atoms with Gasteiger partial charge in [-0.05, 0) is 29.8 Å². The van der Waals surface area contributed by atoms with Crippen molar-refractivity contribution in [2.24, 2.45) is 0 Å². The molecule has 0 atom stereocenters. The number of rotatable bonds is 4. The van der Waals surface area contributed by atoms with E-state index in [9.17, 15) is 4.79 Å². The van der Waals surface area contributed by atoms with E-state index in [0.29, 0.717) is 5.56 Å². The highest BCUT2D eigenvalue weighted by atomic mass is 79.9. The largest absolute Gasteiger partial charge is 0.370 e. The van der Waals surface area contributed by atoms with Gasteiger partial charge in [-0.2, -0.15) is 0 Å². The van der Waals surface area contributed by atoms with E-state index in [2.05, 4.69) is 42.8 Å². The first-order chi connectivity index (χ1) is 9.11. The number of carbonyl (C=O) groups is 1. The number of aldehydes is 1. The predicted octanol–water partition coefficient (Wildman–Crippen LogP) is 4.66. The van der Waals surface area contributed by atoms with Crippen molar-refractivity contribution in [2.75, 3.05) is 11.9 Å².